The number of rotatable bonds is 7. The maximum Gasteiger partial charge on any atom is 0.272 e. The van der Waals surface area contributed by atoms with E-state index in [4.69, 9.17) is 9.47 Å². The van der Waals surface area contributed by atoms with E-state index in [-0.39, 0.29) is 11.6 Å². The van der Waals surface area contributed by atoms with E-state index in [1.165, 1.54) is 13.4 Å². The minimum atomic E-state index is -2.55. The molecule has 17 heavy (non-hydrogen) atoms. The summed E-state index contributed by atoms with van der Waals surface area (Å²) in [5, 5.41) is 3.00. The lowest BCUT2D eigenvalue weighted by Crippen LogP contribution is -2.11. The zero-order chi connectivity index (χ0) is 12.7. The zero-order valence-corrected chi connectivity index (χ0v) is 9.74. The number of methoxy groups -OCH3 is 1. The summed E-state index contributed by atoms with van der Waals surface area (Å²) >= 11 is 0. The molecule has 0 saturated carbocycles. The number of ether oxygens (including phenoxy) is 2. The van der Waals surface area contributed by atoms with Crippen LogP contribution in [0.4, 0.5) is 14.6 Å². The van der Waals surface area contributed by atoms with Crippen LogP contribution in [-0.2, 0) is 0 Å². The Bertz CT molecular complexity index is 350. The standard InChI is InChI=1S/C10H15F2N3O2/c1-3-4-13-9-8(16-2)10(15-6-14-9)17-5-7(11)12/h6-7H,3-5H2,1-2H3,(H,13,14,15). The number of anilines is 1. The fourth-order valence-corrected chi connectivity index (χ4v) is 1.16. The Hall–Kier alpha value is -1.66. The van der Waals surface area contributed by atoms with Gasteiger partial charge in [0.05, 0.1) is 7.11 Å². The van der Waals surface area contributed by atoms with E-state index in [1.54, 1.807) is 0 Å². The first kappa shape index (κ1) is 13.4. The largest absolute Gasteiger partial charge is 0.489 e. The molecule has 0 aliphatic heterocycles. The monoisotopic (exact) mass is 247 g/mol. The molecule has 0 bridgehead atoms. The molecule has 0 saturated heterocycles. The van der Waals surface area contributed by atoms with Crippen LogP contribution in [0.15, 0.2) is 6.33 Å². The molecule has 0 unspecified atom stereocenters. The summed E-state index contributed by atoms with van der Waals surface area (Å²) in [4.78, 5) is 7.72. The van der Waals surface area contributed by atoms with Crippen LogP contribution in [0.2, 0.25) is 0 Å². The first-order valence-corrected chi connectivity index (χ1v) is 5.22. The van der Waals surface area contributed by atoms with Crippen LogP contribution in [0, 0.1) is 0 Å². The first-order valence-electron chi connectivity index (χ1n) is 5.22. The molecular formula is C10H15F2N3O2. The van der Waals surface area contributed by atoms with Gasteiger partial charge in [0.1, 0.15) is 6.33 Å². The van der Waals surface area contributed by atoms with E-state index >= 15 is 0 Å². The van der Waals surface area contributed by atoms with Crippen molar-refractivity contribution in [3.8, 4) is 11.6 Å². The molecule has 1 rings (SSSR count). The van der Waals surface area contributed by atoms with Crippen LogP contribution < -0.4 is 14.8 Å². The Morgan fingerprint density at radius 1 is 1.41 bits per heavy atom. The molecule has 7 heteroatoms. The van der Waals surface area contributed by atoms with Crippen LogP contribution in [-0.4, -0.2) is 36.7 Å². The van der Waals surface area contributed by atoms with Crippen LogP contribution in [0.1, 0.15) is 13.3 Å². The van der Waals surface area contributed by atoms with Crippen LogP contribution >= 0.6 is 0 Å². The molecule has 1 heterocycles. The fraction of sp³-hybridized carbons (Fsp3) is 0.600. The van der Waals surface area contributed by atoms with E-state index in [0.717, 1.165) is 6.42 Å². The van der Waals surface area contributed by atoms with E-state index in [1.807, 2.05) is 6.92 Å². The van der Waals surface area contributed by atoms with Gasteiger partial charge in [-0.1, -0.05) is 6.92 Å². The molecule has 1 aromatic heterocycles. The molecule has 0 radical (unpaired) electrons. The van der Waals surface area contributed by atoms with Gasteiger partial charge in [-0.15, -0.1) is 0 Å². The third kappa shape index (κ3) is 4.01. The third-order valence-electron chi connectivity index (χ3n) is 1.86. The second-order valence-corrected chi connectivity index (χ2v) is 3.19. The molecule has 0 amide bonds. The molecule has 0 aliphatic carbocycles. The maximum absolute atomic E-state index is 12.0. The minimum absolute atomic E-state index is 0.0152. The normalized spacial score (nSPS) is 10.4. The summed E-state index contributed by atoms with van der Waals surface area (Å²) in [6.07, 6.45) is -0.413. The van der Waals surface area contributed by atoms with Crippen LogP contribution in [0.25, 0.3) is 0 Å². The summed E-state index contributed by atoms with van der Waals surface area (Å²) in [6, 6.07) is 0. The van der Waals surface area contributed by atoms with Gasteiger partial charge in [0.15, 0.2) is 12.4 Å². The third-order valence-corrected chi connectivity index (χ3v) is 1.86. The number of alkyl halides is 2. The summed E-state index contributed by atoms with van der Waals surface area (Å²) in [5.41, 5.74) is 0. The highest BCUT2D eigenvalue weighted by Crippen LogP contribution is 2.30. The Kier molecular flexibility index (Phi) is 5.38. The van der Waals surface area contributed by atoms with Gasteiger partial charge in [0.2, 0.25) is 5.75 Å². The zero-order valence-electron chi connectivity index (χ0n) is 9.74. The van der Waals surface area contributed by atoms with Gasteiger partial charge in [-0.2, -0.15) is 4.98 Å². The molecule has 96 valence electrons. The second kappa shape index (κ2) is 6.82. The summed E-state index contributed by atoms with van der Waals surface area (Å²) < 4.78 is 34.0. The predicted molar refractivity (Wildman–Crippen MR) is 58.9 cm³/mol. The minimum Gasteiger partial charge on any atom is -0.489 e. The van der Waals surface area contributed by atoms with Crippen LogP contribution in [0.5, 0.6) is 11.6 Å². The van der Waals surface area contributed by atoms with Crippen molar-refractivity contribution in [2.45, 2.75) is 19.8 Å². The average Bonchev–Trinajstić information content (AvgIpc) is 2.33. The number of halogens is 2. The molecule has 0 spiro atoms. The Labute approximate surface area is 98.2 Å². The maximum atomic E-state index is 12.0. The van der Waals surface area contributed by atoms with Crippen molar-refractivity contribution in [2.24, 2.45) is 0 Å². The van der Waals surface area contributed by atoms with Crippen LogP contribution in [0.3, 0.4) is 0 Å². The SMILES string of the molecule is CCCNc1ncnc(OCC(F)F)c1OC. The molecule has 1 aromatic rings. The summed E-state index contributed by atoms with van der Waals surface area (Å²) in [7, 11) is 1.41. The lowest BCUT2D eigenvalue weighted by Gasteiger charge is -2.12. The van der Waals surface area contributed by atoms with Gasteiger partial charge in [-0.05, 0) is 6.42 Å². The fourth-order valence-electron chi connectivity index (χ4n) is 1.16. The molecule has 0 aliphatic rings. The average molecular weight is 247 g/mol. The van der Waals surface area contributed by atoms with Gasteiger partial charge >= 0.3 is 0 Å². The molecule has 0 aromatic carbocycles. The van der Waals surface area contributed by atoms with E-state index in [2.05, 4.69) is 15.3 Å². The molecule has 0 atom stereocenters. The van der Waals surface area contributed by atoms with E-state index < -0.39 is 13.0 Å². The number of hydrogen-bond donors (Lipinski definition) is 1. The topological polar surface area (TPSA) is 56.3 Å². The first-order chi connectivity index (χ1) is 8.19. The number of aromatic nitrogens is 2. The number of hydrogen-bond acceptors (Lipinski definition) is 5. The lowest BCUT2D eigenvalue weighted by molar-refractivity contribution is 0.0779. The van der Waals surface area contributed by atoms with Crippen molar-refractivity contribution in [1.29, 1.82) is 0 Å². The predicted octanol–water partition coefficient (Wildman–Crippen LogP) is 1.95. The number of nitrogens with one attached hydrogen (secondary N) is 1. The highest BCUT2D eigenvalue weighted by atomic mass is 19.3. The lowest BCUT2D eigenvalue weighted by atomic mass is 10.4. The molecular weight excluding hydrogens is 232 g/mol. The van der Waals surface area contributed by atoms with Gasteiger partial charge in [0, 0.05) is 6.54 Å². The molecule has 5 nitrogen and oxygen atoms in total. The molecule has 0 fully saturated rings. The molecule has 1 N–H and O–H groups in total. The quantitative estimate of drug-likeness (QED) is 0.798. The van der Waals surface area contributed by atoms with Gasteiger partial charge in [-0.25, -0.2) is 13.8 Å². The van der Waals surface area contributed by atoms with Crippen molar-refractivity contribution in [3.63, 3.8) is 0 Å². The van der Waals surface area contributed by atoms with E-state index in [0.29, 0.717) is 12.4 Å². The smallest absolute Gasteiger partial charge is 0.272 e. The van der Waals surface area contributed by atoms with Gasteiger partial charge < -0.3 is 14.8 Å². The summed E-state index contributed by atoms with van der Waals surface area (Å²) in [5.74, 6) is 0.691. The Morgan fingerprint density at radius 3 is 2.76 bits per heavy atom. The van der Waals surface area contributed by atoms with Crippen molar-refractivity contribution >= 4 is 5.82 Å². The second-order valence-electron chi connectivity index (χ2n) is 3.19. The van der Waals surface area contributed by atoms with Crippen molar-refractivity contribution in [3.05, 3.63) is 6.33 Å². The van der Waals surface area contributed by atoms with Crippen molar-refractivity contribution in [1.82, 2.24) is 9.97 Å². The number of nitrogens with zero attached hydrogens (tertiary/aromatic N) is 2. The highest BCUT2D eigenvalue weighted by molar-refractivity contribution is 5.54. The van der Waals surface area contributed by atoms with E-state index in [9.17, 15) is 8.78 Å². The van der Waals surface area contributed by atoms with Crippen molar-refractivity contribution in [2.75, 3.05) is 25.6 Å². The van der Waals surface area contributed by atoms with Crippen molar-refractivity contribution < 1.29 is 18.3 Å². The van der Waals surface area contributed by atoms with Gasteiger partial charge in [0.25, 0.3) is 12.3 Å². The Morgan fingerprint density at radius 2 is 2.18 bits per heavy atom. The van der Waals surface area contributed by atoms with Gasteiger partial charge in [-0.3, -0.25) is 0 Å². The summed E-state index contributed by atoms with van der Waals surface area (Å²) in [6.45, 7) is 1.97. The highest BCUT2D eigenvalue weighted by Gasteiger charge is 2.14. The Balaban J connectivity index is 2.81.